The smallest absolute Gasteiger partial charge is 0.0626 e. The molecule has 1 radical (unpaired) electrons. The summed E-state index contributed by atoms with van der Waals surface area (Å²) in [6, 6.07) is 20.6. The van der Waals surface area contributed by atoms with Crippen molar-refractivity contribution in [3.63, 3.8) is 0 Å². The van der Waals surface area contributed by atoms with Gasteiger partial charge in [-0.1, -0.05) is 124 Å². The van der Waals surface area contributed by atoms with E-state index in [1.807, 2.05) is 0 Å². The summed E-state index contributed by atoms with van der Waals surface area (Å²) >= 11 is 0. The summed E-state index contributed by atoms with van der Waals surface area (Å²) in [5.74, 6) is 0. The monoisotopic (exact) mass is 347 g/mol. The van der Waals surface area contributed by atoms with Crippen molar-refractivity contribution in [2.45, 2.75) is 75.3 Å². The third-order valence-electron chi connectivity index (χ3n) is 6.41. The van der Waals surface area contributed by atoms with Gasteiger partial charge in [0.05, 0.1) is 8.80 Å². The van der Waals surface area contributed by atoms with Gasteiger partial charge in [0.15, 0.2) is 0 Å². The van der Waals surface area contributed by atoms with Gasteiger partial charge in [-0.3, -0.25) is 0 Å². The molecule has 0 saturated heterocycles. The van der Waals surface area contributed by atoms with Crippen LogP contribution in [0.25, 0.3) is 11.1 Å². The topological polar surface area (TPSA) is 0 Å². The molecule has 4 rings (SSSR count). The molecule has 2 aromatic carbocycles. The van der Waals surface area contributed by atoms with Crippen LogP contribution in [-0.4, -0.2) is 8.80 Å². The average molecular weight is 348 g/mol. The van der Waals surface area contributed by atoms with Gasteiger partial charge in [-0.25, -0.2) is 0 Å². The molecular formula is C24H31Si. The van der Waals surface area contributed by atoms with Gasteiger partial charge in [0.2, 0.25) is 0 Å². The van der Waals surface area contributed by atoms with Gasteiger partial charge in [-0.15, -0.1) is 0 Å². The van der Waals surface area contributed by atoms with E-state index in [4.69, 9.17) is 0 Å². The predicted molar refractivity (Wildman–Crippen MR) is 111 cm³/mol. The summed E-state index contributed by atoms with van der Waals surface area (Å²) in [6.45, 7) is 0. The Balaban J connectivity index is 1.74. The molecule has 0 aromatic heterocycles. The van der Waals surface area contributed by atoms with Crippen LogP contribution in [-0.2, 0) is 0 Å². The lowest BCUT2D eigenvalue weighted by Crippen LogP contribution is -2.42. The lowest BCUT2D eigenvalue weighted by molar-refractivity contribution is 0.465. The molecule has 131 valence electrons. The molecule has 25 heavy (non-hydrogen) atoms. The maximum atomic E-state index is 2.50. The molecular weight excluding hydrogens is 316 g/mol. The van der Waals surface area contributed by atoms with Crippen LogP contribution in [0.15, 0.2) is 54.6 Å². The first-order valence-corrected chi connectivity index (χ1v) is 12.1. The maximum Gasteiger partial charge on any atom is 0.0929 e. The van der Waals surface area contributed by atoms with Crippen LogP contribution in [0, 0.1) is 0 Å². The van der Waals surface area contributed by atoms with Crippen molar-refractivity contribution in [3.8, 4) is 11.1 Å². The van der Waals surface area contributed by atoms with E-state index in [1.165, 1.54) is 75.3 Å². The van der Waals surface area contributed by atoms with Gasteiger partial charge in [0.25, 0.3) is 0 Å². The van der Waals surface area contributed by atoms with E-state index in [2.05, 4.69) is 54.6 Å². The second kappa shape index (κ2) is 8.36. The molecule has 0 N–H and O–H groups in total. The molecule has 0 heterocycles. The zero-order valence-electron chi connectivity index (χ0n) is 15.4. The van der Waals surface area contributed by atoms with Crippen LogP contribution in [0.5, 0.6) is 0 Å². The highest BCUT2D eigenvalue weighted by molar-refractivity contribution is 6.77. The molecule has 2 aromatic rings. The summed E-state index contributed by atoms with van der Waals surface area (Å²) in [7, 11) is -0.500. The van der Waals surface area contributed by atoms with Crippen LogP contribution in [0.4, 0.5) is 0 Å². The van der Waals surface area contributed by atoms with Gasteiger partial charge >= 0.3 is 0 Å². The minimum Gasteiger partial charge on any atom is -0.0626 e. The molecule has 0 atom stereocenters. The Kier molecular flexibility index (Phi) is 5.71. The molecule has 0 bridgehead atoms. The summed E-state index contributed by atoms with van der Waals surface area (Å²) in [5.41, 5.74) is 4.97. The van der Waals surface area contributed by atoms with Gasteiger partial charge in [-0.2, -0.15) is 0 Å². The molecule has 2 saturated carbocycles. The van der Waals surface area contributed by atoms with E-state index in [1.54, 1.807) is 5.19 Å². The van der Waals surface area contributed by atoms with Crippen molar-refractivity contribution in [1.29, 1.82) is 0 Å². The fourth-order valence-corrected chi connectivity index (χ4v) is 9.64. The van der Waals surface area contributed by atoms with Crippen molar-refractivity contribution >= 4 is 14.0 Å². The van der Waals surface area contributed by atoms with Gasteiger partial charge in [0.1, 0.15) is 0 Å². The standard InChI is InChI=1S/C24H31Si/c1-4-12-20(13-5-1)23-18-10-11-19-24(23)25(21-14-6-2-7-15-21)22-16-8-3-9-17-22/h1,4-5,10-13,18-19,21-22H,2-3,6-9,14-17H2. The Labute approximate surface area is 155 Å². The van der Waals surface area contributed by atoms with Crippen molar-refractivity contribution in [2.24, 2.45) is 0 Å². The highest BCUT2D eigenvalue weighted by atomic mass is 28.3. The lowest BCUT2D eigenvalue weighted by Gasteiger charge is -2.37. The number of benzene rings is 2. The predicted octanol–water partition coefficient (Wildman–Crippen LogP) is 6.72. The van der Waals surface area contributed by atoms with Crippen LogP contribution in [0.2, 0.25) is 11.1 Å². The molecule has 0 aliphatic heterocycles. The third-order valence-corrected chi connectivity index (χ3v) is 10.4. The Bertz CT molecular complexity index is 633. The Morgan fingerprint density at radius 1 is 0.560 bits per heavy atom. The molecule has 0 nitrogen and oxygen atoms in total. The zero-order valence-corrected chi connectivity index (χ0v) is 16.4. The molecule has 2 aliphatic rings. The fraction of sp³-hybridized carbons (Fsp3) is 0.500. The van der Waals surface area contributed by atoms with E-state index >= 15 is 0 Å². The second-order valence-corrected chi connectivity index (χ2v) is 11.1. The van der Waals surface area contributed by atoms with Crippen LogP contribution in [0.3, 0.4) is 0 Å². The van der Waals surface area contributed by atoms with E-state index in [-0.39, 0.29) is 0 Å². The summed E-state index contributed by atoms with van der Waals surface area (Å²) in [6.07, 6.45) is 14.8. The highest BCUT2D eigenvalue weighted by Gasteiger charge is 2.35. The van der Waals surface area contributed by atoms with E-state index in [9.17, 15) is 0 Å². The van der Waals surface area contributed by atoms with E-state index in [0.717, 1.165) is 11.1 Å². The summed E-state index contributed by atoms with van der Waals surface area (Å²) in [4.78, 5) is 0. The van der Waals surface area contributed by atoms with Crippen molar-refractivity contribution in [3.05, 3.63) is 54.6 Å². The van der Waals surface area contributed by atoms with Gasteiger partial charge in [-0.05, 0) is 22.2 Å². The SMILES string of the molecule is c1ccc(-c2ccccc2[Si](C2CCCCC2)C2CCCCC2)cc1. The van der Waals surface area contributed by atoms with Crippen molar-refractivity contribution in [1.82, 2.24) is 0 Å². The van der Waals surface area contributed by atoms with Crippen LogP contribution < -0.4 is 5.19 Å². The van der Waals surface area contributed by atoms with Crippen LogP contribution >= 0.6 is 0 Å². The normalized spacial score (nSPS) is 20.0. The largest absolute Gasteiger partial charge is 0.0929 e. The quantitative estimate of drug-likeness (QED) is 0.538. The molecule has 0 unspecified atom stereocenters. The van der Waals surface area contributed by atoms with Crippen molar-refractivity contribution < 1.29 is 0 Å². The van der Waals surface area contributed by atoms with Gasteiger partial charge in [0, 0.05) is 0 Å². The zero-order chi connectivity index (χ0) is 16.9. The highest BCUT2D eigenvalue weighted by Crippen LogP contribution is 2.42. The van der Waals surface area contributed by atoms with E-state index in [0.29, 0.717) is 0 Å². The summed E-state index contributed by atoms with van der Waals surface area (Å²) in [5, 5.41) is 1.75. The van der Waals surface area contributed by atoms with Crippen molar-refractivity contribution in [2.75, 3.05) is 0 Å². The third kappa shape index (κ3) is 3.92. The molecule has 2 fully saturated rings. The molecule has 0 spiro atoms. The minimum absolute atomic E-state index is 0.500. The fourth-order valence-electron chi connectivity index (χ4n) is 5.20. The number of hydrogen-bond acceptors (Lipinski definition) is 0. The molecule has 0 amide bonds. The first kappa shape index (κ1) is 17.1. The molecule has 1 heteroatoms. The first-order valence-electron chi connectivity index (χ1n) is 10.4. The molecule has 2 aliphatic carbocycles. The number of rotatable bonds is 4. The van der Waals surface area contributed by atoms with E-state index < -0.39 is 8.80 Å². The summed E-state index contributed by atoms with van der Waals surface area (Å²) < 4.78 is 0. The number of hydrogen-bond donors (Lipinski definition) is 0. The second-order valence-electron chi connectivity index (χ2n) is 8.04. The first-order chi connectivity index (χ1) is 12.4. The average Bonchev–Trinajstić information content (AvgIpc) is 2.71. The van der Waals surface area contributed by atoms with Crippen LogP contribution in [0.1, 0.15) is 64.2 Å². The minimum atomic E-state index is -0.500. The Hall–Kier alpha value is -1.34. The maximum absolute atomic E-state index is 2.50. The lowest BCUT2D eigenvalue weighted by atomic mass is 9.99. The Morgan fingerprint density at radius 2 is 1.08 bits per heavy atom. The Morgan fingerprint density at radius 3 is 1.68 bits per heavy atom. The van der Waals surface area contributed by atoms with Gasteiger partial charge < -0.3 is 0 Å².